The maximum absolute atomic E-state index is 14.5. The molecule has 0 radical (unpaired) electrons. The van der Waals surface area contributed by atoms with Crippen LogP contribution in [0, 0.1) is 5.82 Å². The van der Waals surface area contributed by atoms with E-state index in [9.17, 15) is 23.6 Å². The molecule has 3 rings (SSSR count). The van der Waals surface area contributed by atoms with Gasteiger partial charge >= 0.3 is 12.2 Å². The first kappa shape index (κ1) is 21.5. The van der Waals surface area contributed by atoms with Crippen LogP contribution in [0.15, 0.2) is 42.6 Å². The van der Waals surface area contributed by atoms with E-state index in [4.69, 9.17) is 9.84 Å². The van der Waals surface area contributed by atoms with Crippen LogP contribution in [0.1, 0.15) is 16.1 Å². The van der Waals surface area contributed by atoms with Crippen LogP contribution in [0.4, 0.5) is 19.7 Å². The molecule has 2 aromatic rings. The van der Waals surface area contributed by atoms with Crippen molar-refractivity contribution in [3.05, 3.63) is 59.7 Å². The molecule has 12 heteroatoms. The zero-order valence-electron chi connectivity index (χ0n) is 16.0. The van der Waals surface area contributed by atoms with E-state index in [0.717, 1.165) is 17.0 Å². The monoisotopic (exact) mass is 431 g/mol. The molecule has 1 atom stereocenters. The number of ether oxygens (including phenoxy) is 1. The molecule has 2 heterocycles. The third-order valence-electron chi connectivity index (χ3n) is 4.25. The van der Waals surface area contributed by atoms with E-state index in [-0.39, 0.29) is 30.8 Å². The van der Waals surface area contributed by atoms with E-state index in [2.05, 4.69) is 21.2 Å². The second kappa shape index (κ2) is 9.52. The number of halogens is 1. The summed E-state index contributed by atoms with van der Waals surface area (Å²) in [6, 6.07) is 8.52. The largest absolute Gasteiger partial charge is 0.465 e. The van der Waals surface area contributed by atoms with Crippen LogP contribution >= 0.6 is 0 Å². The van der Waals surface area contributed by atoms with Gasteiger partial charge in [0.1, 0.15) is 11.9 Å². The number of nitrogens with one attached hydrogen (secondary N) is 3. The number of carbonyl (C=O) groups is 4. The molecule has 0 aliphatic carbocycles. The molecule has 31 heavy (non-hydrogen) atoms. The predicted octanol–water partition coefficient (Wildman–Crippen LogP) is 0.817. The van der Waals surface area contributed by atoms with Gasteiger partial charge in [-0.25, -0.2) is 14.0 Å². The van der Waals surface area contributed by atoms with E-state index in [1.54, 1.807) is 18.2 Å². The number of aromatic nitrogens is 1. The van der Waals surface area contributed by atoms with Crippen molar-refractivity contribution in [1.82, 2.24) is 21.2 Å². The molecule has 0 saturated carbocycles. The molecular formula is C19H18FN5O6. The predicted molar refractivity (Wildman–Crippen MR) is 104 cm³/mol. The number of hydrogen-bond donors (Lipinski definition) is 4. The fourth-order valence-corrected chi connectivity index (χ4v) is 2.80. The molecule has 1 aliphatic heterocycles. The average molecular weight is 431 g/mol. The summed E-state index contributed by atoms with van der Waals surface area (Å²) in [4.78, 5) is 51.6. The summed E-state index contributed by atoms with van der Waals surface area (Å²) >= 11 is 0. The second-order valence-electron chi connectivity index (χ2n) is 6.47. The Morgan fingerprint density at radius 3 is 2.71 bits per heavy atom. The first-order valence-corrected chi connectivity index (χ1v) is 9.07. The van der Waals surface area contributed by atoms with E-state index >= 15 is 0 Å². The topological polar surface area (TPSA) is 150 Å². The number of benzene rings is 1. The smallest absolute Gasteiger partial charge is 0.414 e. The summed E-state index contributed by atoms with van der Waals surface area (Å²) in [6.45, 7) is -0.105. The highest BCUT2D eigenvalue weighted by molar-refractivity contribution is 5.97. The van der Waals surface area contributed by atoms with Crippen molar-refractivity contribution in [2.75, 3.05) is 18.0 Å². The Bertz CT molecular complexity index is 1000. The van der Waals surface area contributed by atoms with E-state index in [1.165, 1.54) is 12.3 Å². The van der Waals surface area contributed by atoms with Gasteiger partial charge in [0, 0.05) is 11.9 Å². The van der Waals surface area contributed by atoms with Crippen LogP contribution in [-0.4, -0.2) is 53.3 Å². The van der Waals surface area contributed by atoms with Gasteiger partial charge in [-0.1, -0.05) is 6.07 Å². The molecule has 0 bridgehead atoms. The van der Waals surface area contributed by atoms with Crippen molar-refractivity contribution in [3.8, 4) is 0 Å². The molecule has 1 aromatic carbocycles. The SMILES string of the molecule is O=C(O)NCC1CN(c2ccc(C(=O)NNC(=O)Cc3ccccn3)c(F)c2)C(=O)O1. The van der Waals surface area contributed by atoms with Crippen LogP contribution in [0.3, 0.4) is 0 Å². The van der Waals surface area contributed by atoms with Crippen LogP contribution in [0.25, 0.3) is 0 Å². The number of carboxylic acid groups (broad SMARTS) is 1. The number of hydrogen-bond acceptors (Lipinski definition) is 6. The summed E-state index contributed by atoms with van der Waals surface area (Å²) in [5.74, 6) is -2.34. The van der Waals surface area contributed by atoms with Crippen molar-refractivity contribution < 1.29 is 33.4 Å². The van der Waals surface area contributed by atoms with E-state index in [1.807, 2.05) is 0 Å². The Morgan fingerprint density at radius 2 is 2.03 bits per heavy atom. The summed E-state index contributed by atoms with van der Waals surface area (Å²) in [7, 11) is 0. The van der Waals surface area contributed by atoms with Gasteiger partial charge in [0.05, 0.1) is 30.8 Å². The normalized spacial score (nSPS) is 15.2. The second-order valence-corrected chi connectivity index (χ2v) is 6.47. The Kier molecular flexibility index (Phi) is 6.60. The fourth-order valence-electron chi connectivity index (χ4n) is 2.80. The number of hydrazine groups is 1. The number of nitrogens with zero attached hydrogens (tertiary/aromatic N) is 2. The Hall–Kier alpha value is -4.22. The van der Waals surface area contributed by atoms with Gasteiger partial charge in [0.15, 0.2) is 0 Å². The highest BCUT2D eigenvalue weighted by Gasteiger charge is 2.33. The van der Waals surface area contributed by atoms with Gasteiger partial charge in [-0.05, 0) is 30.3 Å². The molecular weight excluding hydrogens is 413 g/mol. The quantitative estimate of drug-likeness (QED) is 0.495. The van der Waals surface area contributed by atoms with Gasteiger partial charge in [0.25, 0.3) is 5.91 Å². The van der Waals surface area contributed by atoms with Crippen LogP contribution in [-0.2, 0) is 16.0 Å². The van der Waals surface area contributed by atoms with Gasteiger partial charge in [0.2, 0.25) is 5.91 Å². The van der Waals surface area contributed by atoms with Crippen molar-refractivity contribution >= 4 is 29.7 Å². The van der Waals surface area contributed by atoms with E-state index in [0.29, 0.717) is 5.69 Å². The van der Waals surface area contributed by atoms with E-state index < -0.39 is 35.9 Å². The fraction of sp³-hybridized carbons (Fsp3) is 0.211. The molecule has 1 saturated heterocycles. The van der Waals surface area contributed by atoms with Gasteiger partial charge in [-0.15, -0.1) is 0 Å². The highest BCUT2D eigenvalue weighted by atomic mass is 19.1. The summed E-state index contributed by atoms with van der Waals surface area (Å²) in [5.41, 5.74) is 4.58. The molecule has 162 valence electrons. The first-order valence-electron chi connectivity index (χ1n) is 9.07. The summed E-state index contributed by atoms with van der Waals surface area (Å²) in [5, 5.41) is 10.7. The number of amides is 4. The molecule has 4 amide bonds. The van der Waals surface area contributed by atoms with Crippen molar-refractivity contribution in [2.24, 2.45) is 0 Å². The molecule has 1 fully saturated rings. The number of cyclic esters (lactones) is 1. The Labute approximate surface area is 175 Å². The van der Waals surface area contributed by atoms with Crippen LogP contribution in [0.5, 0.6) is 0 Å². The molecule has 1 aliphatic rings. The number of rotatable bonds is 6. The van der Waals surface area contributed by atoms with Gasteiger partial charge in [-0.3, -0.25) is 30.3 Å². The maximum Gasteiger partial charge on any atom is 0.414 e. The van der Waals surface area contributed by atoms with Crippen molar-refractivity contribution in [2.45, 2.75) is 12.5 Å². The van der Waals surface area contributed by atoms with Crippen molar-refractivity contribution in [3.63, 3.8) is 0 Å². The first-order chi connectivity index (χ1) is 14.8. The standard InChI is InChI=1S/C19H18FN5O6/c20-15-8-12(25-10-13(31-19(25)30)9-22-18(28)29)4-5-14(15)17(27)24-23-16(26)7-11-3-1-2-6-21-11/h1-6,8,13,22H,7,9-10H2,(H,23,26)(H,24,27)(H,28,29). The third-order valence-corrected chi connectivity index (χ3v) is 4.25. The lowest BCUT2D eigenvalue weighted by Gasteiger charge is -2.14. The zero-order chi connectivity index (χ0) is 22.4. The summed E-state index contributed by atoms with van der Waals surface area (Å²) in [6.07, 6.45) is -1.31. The number of anilines is 1. The lowest BCUT2D eigenvalue weighted by atomic mass is 10.1. The minimum Gasteiger partial charge on any atom is -0.465 e. The summed E-state index contributed by atoms with van der Waals surface area (Å²) < 4.78 is 19.5. The molecule has 11 nitrogen and oxygen atoms in total. The number of pyridine rings is 1. The van der Waals surface area contributed by atoms with Crippen molar-refractivity contribution in [1.29, 1.82) is 0 Å². The Morgan fingerprint density at radius 1 is 1.23 bits per heavy atom. The minimum absolute atomic E-state index is 0.00761. The molecule has 4 N–H and O–H groups in total. The molecule has 1 aromatic heterocycles. The lowest BCUT2D eigenvalue weighted by Crippen LogP contribution is -2.42. The minimum atomic E-state index is -1.26. The third kappa shape index (κ3) is 5.65. The highest BCUT2D eigenvalue weighted by Crippen LogP contribution is 2.24. The zero-order valence-corrected chi connectivity index (χ0v) is 16.0. The number of carbonyl (C=O) groups excluding carboxylic acids is 3. The Balaban J connectivity index is 1.57. The lowest BCUT2D eigenvalue weighted by molar-refractivity contribution is -0.121. The van der Waals surface area contributed by atoms with Gasteiger partial charge in [-0.2, -0.15) is 0 Å². The van der Waals surface area contributed by atoms with Gasteiger partial charge < -0.3 is 15.2 Å². The van der Waals surface area contributed by atoms with Crippen LogP contribution in [0.2, 0.25) is 0 Å². The van der Waals surface area contributed by atoms with Crippen LogP contribution < -0.4 is 21.1 Å². The maximum atomic E-state index is 14.5. The molecule has 0 spiro atoms. The molecule has 1 unspecified atom stereocenters. The average Bonchev–Trinajstić information content (AvgIpc) is 3.11.